The van der Waals surface area contributed by atoms with Gasteiger partial charge in [0.05, 0.1) is 17.1 Å². The lowest BCUT2D eigenvalue weighted by atomic mass is 10.3. The van der Waals surface area contributed by atoms with Crippen molar-refractivity contribution in [1.82, 2.24) is 4.98 Å². The van der Waals surface area contributed by atoms with E-state index in [4.69, 9.17) is 0 Å². The molecule has 1 aliphatic rings. The fraction of sp³-hybridized carbons (Fsp3) is 0.545. The Balaban J connectivity index is 2.36. The third-order valence-corrected chi connectivity index (χ3v) is 2.90. The highest BCUT2D eigenvalue weighted by atomic mass is 19.4. The Morgan fingerprint density at radius 1 is 1.50 bits per heavy atom. The van der Waals surface area contributed by atoms with Gasteiger partial charge < -0.3 is 10.2 Å². The molecular weight excluding hydrogens is 277 g/mol. The van der Waals surface area contributed by atoms with Gasteiger partial charge in [-0.1, -0.05) is 0 Å². The lowest BCUT2D eigenvalue weighted by Crippen LogP contribution is -2.36. The summed E-state index contributed by atoms with van der Waals surface area (Å²) in [5.74, 6) is 0.144. The van der Waals surface area contributed by atoms with Crippen LogP contribution >= 0.6 is 0 Å². The molecule has 0 aromatic carbocycles. The summed E-state index contributed by atoms with van der Waals surface area (Å²) in [5, 5.41) is 13.4. The minimum Gasteiger partial charge on any atom is -0.373 e. The van der Waals surface area contributed by atoms with Crippen molar-refractivity contribution in [2.45, 2.75) is 25.1 Å². The fourth-order valence-corrected chi connectivity index (χ4v) is 1.86. The molecule has 1 aromatic rings. The van der Waals surface area contributed by atoms with E-state index in [-0.39, 0.29) is 23.4 Å². The summed E-state index contributed by atoms with van der Waals surface area (Å²) in [5.41, 5.74) is -0.285. The molecule has 0 aliphatic heterocycles. The molecule has 0 saturated heterocycles. The van der Waals surface area contributed by atoms with Gasteiger partial charge in [-0.15, -0.1) is 0 Å². The maximum atomic E-state index is 12.6. The average molecular weight is 290 g/mol. The van der Waals surface area contributed by atoms with Gasteiger partial charge in [-0.05, 0) is 12.8 Å². The van der Waals surface area contributed by atoms with Crippen LogP contribution in [0.25, 0.3) is 0 Å². The van der Waals surface area contributed by atoms with Crippen molar-refractivity contribution >= 4 is 17.3 Å². The van der Waals surface area contributed by atoms with E-state index >= 15 is 0 Å². The van der Waals surface area contributed by atoms with E-state index in [9.17, 15) is 23.3 Å². The Morgan fingerprint density at radius 2 is 2.15 bits per heavy atom. The largest absolute Gasteiger partial charge is 0.405 e. The normalized spacial score (nSPS) is 15.0. The number of alkyl halides is 3. The maximum Gasteiger partial charge on any atom is 0.405 e. The van der Waals surface area contributed by atoms with E-state index in [1.807, 2.05) is 0 Å². The van der Waals surface area contributed by atoms with Gasteiger partial charge in [0.1, 0.15) is 18.2 Å². The third-order valence-electron chi connectivity index (χ3n) is 2.90. The quantitative estimate of drug-likeness (QED) is 0.666. The molecule has 0 radical (unpaired) electrons. The second-order valence-corrected chi connectivity index (χ2v) is 4.55. The monoisotopic (exact) mass is 290 g/mol. The van der Waals surface area contributed by atoms with E-state index in [1.54, 1.807) is 0 Å². The Morgan fingerprint density at radius 3 is 2.60 bits per heavy atom. The molecule has 1 aromatic heterocycles. The van der Waals surface area contributed by atoms with Gasteiger partial charge >= 0.3 is 6.18 Å². The van der Waals surface area contributed by atoms with Gasteiger partial charge in [-0.25, -0.2) is 4.98 Å². The van der Waals surface area contributed by atoms with Crippen molar-refractivity contribution < 1.29 is 18.1 Å². The SMILES string of the molecule is CNc1cc([N+](=O)[O-])cc(N(CC(F)(F)F)C2CC2)n1. The molecule has 1 fully saturated rings. The lowest BCUT2D eigenvalue weighted by Gasteiger charge is -2.24. The molecule has 9 heteroatoms. The standard InChI is InChI=1S/C11H13F3N4O2/c1-15-9-4-8(18(19)20)5-10(16-9)17(7-2-3-7)6-11(12,13)14/h4-5,7H,2-3,6H2,1H3,(H,15,16). The highest BCUT2D eigenvalue weighted by Crippen LogP contribution is 2.35. The highest BCUT2D eigenvalue weighted by molar-refractivity contribution is 5.56. The Kier molecular flexibility index (Phi) is 3.69. The maximum absolute atomic E-state index is 12.6. The number of nitrogens with one attached hydrogen (secondary N) is 1. The van der Waals surface area contributed by atoms with Crippen LogP contribution in [0.1, 0.15) is 12.8 Å². The summed E-state index contributed by atoms with van der Waals surface area (Å²) < 4.78 is 37.8. The topological polar surface area (TPSA) is 71.3 Å². The average Bonchev–Trinajstić information content (AvgIpc) is 3.18. The zero-order valence-electron chi connectivity index (χ0n) is 10.6. The molecule has 0 unspecified atom stereocenters. The number of rotatable bonds is 5. The van der Waals surface area contributed by atoms with Gasteiger partial charge in [0.25, 0.3) is 5.69 Å². The number of hydrogen-bond donors (Lipinski definition) is 1. The van der Waals surface area contributed by atoms with E-state index in [1.165, 1.54) is 13.1 Å². The zero-order chi connectivity index (χ0) is 14.9. The molecule has 0 bridgehead atoms. The van der Waals surface area contributed by atoms with Crippen LogP contribution in [0, 0.1) is 10.1 Å². The van der Waals surface area contributed by atoms with Crippen molar-refractivity contribution in [3.8, 4) is 0 Å². The first-order valence-electron chi connectivity index (χ1n) is 5.98. The summed E-state index contributed by atoms with van der Waals surface area (Å²) in [4.78, 5) is 15.2. The second kappa shape index (κ2) is 5.14. The first-order valence-corrected chi connectivity index (χ1v) is 5.98. The van der Waals surface area contributed by atoms with Crippen molar-refractivity contribution in [3.05, 3.63) is 22.2 Å². The summed E-state index contributed by atoms with van der Waals surface area (Å²) in [6.07, 6.45) is -3.11. The van der Waals surface area contributed by atoms with Crippen molar-refractivity contribution in [1.29, 1.82) is 0 Å². The Hall–Kier alpha value is -2.06. The van der Waals surface area contributed by atoms with Gasteiger partial charge in [0.2, 0.25) is 0 Å². The van der Waals surface area contributed by atoms with E-state index in [2.05, 4.69) is 10.3 Å². The number of aromatic nitrogens is 1. The lowest BCUT2D eigenvalue weighted by molar-refractivity contribution is -0.384. The molecule has 1 N–H and O–H groups in total. The summed E-state index contributed by atoms with van der Waals surface area (Å²) in [7, 11) is 1.50. The van der Waals surface area contributed by atoms with E-state index in [0.717, 1.165) is 11.0 Å². The van der Waals surface area contributed by atoms with Gasteiger partial charge in [-0.2, -0.15) is 13.2 Å². The van der Waals surface area contributed by atoms with E-state index in [0.29, 0.717) is 12.8 Å². The van der Waals surface area contributed by atoms with Gasteiger partial charge in [0.15, 0.2) is 0 Å². The van der Waals surface area contributed by atoms with Crippen LogP contribution in [0.3, 0.4) is 0 Å². The Bertz CT molecular complexity index is 517. The zero-order valence-corrected chi connectivity index (χ0v) is 10.6. The number of anilines is 2. The summed E-state index contributed by atoms with van der Waals surface area (Å²) >= 11 is 0. The van der Waals surface area contributed by atoms with Crippen LogP contribution in [0.15, 0.2) is 12.1 Å². The molecule has 0 atom stereocenters. The third kappa shape index (κ3) is 3.49. The molecule has 20 heavy (non-hydrogen) atoms. The first-order chi connectivity index (χ1) is 9.30. The first kappa shape index (κ1) is 14.4. The molecular formula is C11H13F3N4O2. The van der Waals surface area contributed by atoms with Crippen LogP contribution in [0.4, 0.5) is 30.5 Å². The minimum absolute atomic E-state index is 0.0247. The van der Waals surface area contributed by atoms with Gasteiger partial charge in [-0.3, -0.25) is 10.1 Å². The van der Waals surface area contributed by atoms with Crippen molar-refractivity contribution in [2.75, 3.05) is 23.8 Å². The number of halogens is 3. The van der Waals surface area contributed by atoms with Crippen LogP contribution in [0.5, 0.6) is 0 Å². The fourth-order valence-electron chi connectivity index (χ4n) is 1.86. The number of pyridine rings is 1. The van der Waals surface area contributed by atoms with Crippen molar-refractivity contribution in [3.63, 3.8) is 0 Å². The van der Waals surface area contributed by atoms with Gasteiger partial charge in [0, 0.05) is 13.1 Å². The molecule has 0 amide bonds. The molecule has 6 nitrogen and oxygen atoms in total. The van der Waals surface area contributed by atoms with Crippen LogP contribution < -0.4 is 10.2 Å². The molecule has 1 heterocycles. The number of nitro groups is 1. The second-order valence-electron chi connectivity index (χ2n) is 4.55. The Labute approximate surface area is 112 Å². The number of nitrogens with zero attached hydrogens (tertiary/aromatic N) is 3. The molecule has 1 aliphatic carbocycles. The summed E-state index contributed by atoms with van der Waals surface area (Å²) in [6.45, 7) is -1.16. The molecule has 0 spiro atoms. The van der Waals surface area contributed by atoms with Crippen LogP contribution in [-0.4, -0.2) is 35.7 Å². The predicted molar refractivity (Wildman–Crippen MR) is 66.9 cm³/mol. The highest BCUT2D eigenvalue weighted by Gasteiger charge is 2.39. The predicted octanol–water partition coefficient (Wildman–Crippen LogP) is 2.56. The molecule has 1 saturated carbocycles. The smallest absolute Gasteiger partial charge is 0.373 e. The van der Waals surface area contributed by atoms with Crippen LogP contribution in [0.2, 0.25) is 0 Å². The molecule has 2 rings (SSSR count). The molecule has 110 valence electrons. The summed E-state index contributed by atoms with van der Waals surface area (Å²) in [6, 6.07) is 2.00. The van der Waals surface area contributed by atoms with E-state index < -0.39 is 17.6 Å². The van der Waals surface area contributed by atoms with Crippen LogP contribution in [-0.2, 0) is 0 Å². The minimum atomic E-state index is -4.38. The number of hydrogen-bond acceptors (Lipinski definition) is 5. The van der Waals surface area contributed by atoms with Crippen molar-refractivity contribution in [2.24, 2.45) is 0 Å².